The molecule has 2 heteroatoms. The molecule has 0 saturated carbocycles. The van der Waals surface area contributed by atoms with Crippen LogP contribution in [0.2, 0.25) is 0 Å². The van der Waals surface area contributed by atoms with E-state index < -0.39 is 0 Å². The smallest absolute Gasteiger partial charge is 0.126 e. The second-order valence-corrected chi connectivity index (χ2v) is 5.15. The van der Waals surface area contributed by atoms with E-state index in [0.29, 0.717) is 6.61 Å². The molecule has 2 aromatic rings. The number of hydrogen-bond acceptors (Lipinski definition) is 2. The highest BCUT2D eigenvalue weighted by atomic mass is 16.6. The normalized spacial score (nSPS) is 23.2. The fraction of sp³-hybridized carbons (Fsp3) is 0.263. The molecule has 0 unspecified atom stereocenters. The van der Waals surface area contributed by atoms with Crippen LogP contribution in [0.1, 0.15) is 30.6 Å². The molecule has 0 amide bonds. The van der Waals surface area contributed by atoms with Gasteiger partial charge in [-0.1, -0.05) is 60.7 Å². The Kier molecular flexibility index (Phi) is 4.37. The monoisotopic (exact) mass is 280 g/mol. The number of ether oxygens (including phenoxy) is 2. The number of rotatable bonds is 4. The maximum Gasteiger partial charge on any atom is 0.126 e. The predicted octanol–water partition coefficient (Wildman–Crippen LogP) is 4.59. The molecule has 2 atom stereocenters. The average molecular weight is 280 g/mol. The Labute approximate surface area is 126 Å². The molecule has 1 aliphatic heterocycles. The summed E-state index contributed by atoms with van der Waals surface area (Å²) >= 11 is 0. The molecule has 0 radical (unpaired) electrons. The van der Waals surface area contributed by atoms with Crippen LogP contribution in [0.3, 0.4) is 0 Å². The highest BCUT2D eigenvalue weighted by Gasteiger charge is 2.32. The van der Waals surface area contributed by atoms with Crippen LogP contribution >= 0.6 is 0 Å². The zero-order chi connectivity index (χ0) is 14.5. The predicted molar refractivity (Wildman–Crippen MR) is 84.7 cm³/mol. The van der Waals surface area contributed by atoms with Gasteiger partial charge in [0.2, 0.25) is 0 Å². The zero-order valence-electron chi connectivity index (χ0n) is 12.2. The number of hydrogen-bond donors (Lipinski definition) is 0. The van der Waals surface area contributed by atoms with Crippen molar-refractivity contribution in [2.45, 2.75) is 25.6 Å². The first kappa shape index (κ1) is 13.9. The van der Waals surface area contributed by atoms with E-state index in [-0.39, 0.29) is 12.2 Å². The van der Waals surface area contributed by atoms with Crippen molar-refractivity contribution in [2.75, 3.05) is 6.61 Å². The summed E-state index contributed by atoms with van der Waals surface area (Å²) < 4.78 is 12.0. The van der Waals surface area contributed by atoms with Gasteiger partial charge < -0.3 is 9.47 Å². The Morgan fingerprint density at radius 3 is 2.38 bits per heavy atom. The molecule has 108 valence electrons. The lowest BCUT2D eigenvalue weighted by atomic mass is 10.1. The van der Waals surface area contributed by atoms with Crippen LogP contribution in [0.15, 0.2) is 66.4 Å². The highest BCUT2D eigenvalue weighted by Crippen LogP contribution is 2.37. The van der Waals surface area contributed by atoms with Crippen molar-refractivity contribution in [3.8, 4) is 0 Å². The summed E-state index contributed by atoms with van der Waals surface area (Å²) in [4.78, 5) is 0. The first-order valence-corrected chi connectivity index (χ1v) is 7.46. The third-order valence-electron chi connectivity index (χ3n) is 3.67. The summed E-state index contributed by atoms with van der Waals surface area (Å²) in [7, 11) is 0. The van der Waals surface area contributed by atoms with Crippen LogP contribution in [-0.4, -0.2) is 12.7 Å². The largest absolute Gasteiger partial charge is 0.487 e. The van der Waals surface area contributed by atoms with Crippen LogP contribution in [0.25, 0.3) is 6.08 Å². The lowest BCUT2D eigenvalue weighted by Gasteiger charge is -2.10. The summed E-state index contributed by atoms with van der Waals surface area (Å²) in [6.45, 7) is 2.72. The Morgan fingerprint density at radius 2 is 1.71 bits per heavy atom. The third kappa shape index (κ3) is 3.34. The maximum atomic E-state index is 6.15. The fourth-order valence-electron chi connectivity index (χ4n) is 2.66. The molecule has 21 heavy (non-hydrogen) atoms. The Balaban J connectivity index is 1.83. The number of benzene rings is 2. The van der Waals surface area contributed by atoms with Gasteiger partial charge in [-0.2, -0.15) is 0 Å². The van der Waals surface area contributed by atoms with Gasteiger partial charge in [-0.25, -0.2) is 0 Å². The van der Waals surface area contributed by atoms with Crippen molar-refractivity contribution in [2.24, 2.45) is 0 Å². The summed E-state index contributed by atoms with van der Waals surface area (Å²) in [6, 6.07) is 20.6. The summed E-state index contributed by atoms with van der Waals surface area (Å²) in [5.74, 6) is 0.928. The van der Waals surface area contributed by atoms with E-state index in [0.717, 1.165) is 17.7 Å². The van der Waals surface area contributed by atoms with Gasteiger partial charge >= 0.3 is 0 Å². The van der Waals surface area contributed by atoms with Gasteiger partial charge in [0, 0.05) is 13.0 Å². The first-order chi connectivity index (χ1) is 10.4. The molecule has 1 aliphatic rings. The minimum Gasteiger partial charge on any atom is -0.487 e. The van der Waals surface area contributed by atoms with Crippen molar-refractivity contribution in [3.63, 3.8) is 0 Å². The Hall–Kier alpha value is -2.06. The molecular weight excluding hydrogens is 260 g/mol. The van der Waals surface area contributed by atoms with E-state index in [9.17, 15) is 0 Å². The summed E-state index contributed by atoms with van der Waals surface area (Å²) in [5, 5.41) is 0. The van der Waals surface area contributed by atoms with Crippen LogP contribution in [-0.2, 0) is 9.47 Å². The average Bonchev–Trinajstić information content (AvgIpc) is 2.93. The zero-order valence-corrected chi connectivity index (χ0v) is 12.2. The van der Waals surface area contributed by atoms with E-state index >= 15 is 0 Å². The molecular formula is C19H20O2. The van der Waals surface area contributed by atoms with E-state index in [2.05, 4.69) is 30.3 Å². The van der Waals surface area contributed by atoms with Crippen molar-refractivity contribution in [3.05, 3.63) is 77.5 Å². The standard InChI is InChI=1S/C19H20O2/c1-2-20-18-14-17(16-11-7-4-8-12-16)21-19(18)13-15-9-5-3-6-10-15/h3-13,17-18H,2,14H2,1H3/b19-13-/t17-,18-/m1/s1. The minimum absolute atomic E-state index is 0.0420. The van der Waals surface area contributed by atoms with Crippen LogP contribution < -0.4 is 0 Å². The quantitative estimate of drug-likeness (QED) is 0.815. The molecule has 2 aromatic carbocycles. The third-order valence-corrected chi connectivity index (χ3v) is 3.67. The summed E-state index contributed by atoms with van der Waals surface area (Å²) in [6.07, 6.45) is 3.08. The van der Waals surface area contributed by atoms with E-state index in [4.69, 9.17) is 9.47 Å². The topological polar surface area (TPSA) is 18.5 Å². The van der Waals surface area contributed by atoms with Crippen LogP contribution in [0.4, 0.5) is 0 Å². The van der Waals surface area contributed by atoms with Gasteiger partial charge in [0.25, 0.3) is 0 Å². The molecule has 0 aromatic heterocycles. The second kappa shape index (κ2) is 6.59. The van der Waals surface area contributed by atoms with E-state index in [1.165, 1.54) is 5.56 Å². The summed E-state index contributed by atoms with van der Waals surface area (Å²) in [5.41, 5.74) is 2.35. The van der Waals surface area contributed by atoms with Gasteiger partial charge in [-0.05, 0) is 24.1 Å². The van der Waals surface area contributed by atoms with Crippen molar-refractivity contribution in [1.29, 1.82) is 0 Å². The lowest BCUT2D eigenvalue weighted by Crippen LogP contribution is -2.10. The lowest BCUT2D eigenvalue weighted by molar-refractivity contribution is 0.0855. The Bertz CT molecular complexity index is 589. The van der Waals surface area contributed by atoms with Crippen molar-refractivity contribution < 1.29 is 9.47 Å². The molecule has 1 saturated heterocycles. The van der Waals surface area contributed by atoms with Gasteiger partial charge in [-0.3, -0.25) is 0 Å². The van der Waals surface area contributed by atoms with Crippen molar-refractivity contribution >= 4 is 6.08 Å². The van der Waals surface area contributed by atoms with Gasteiger partial charge in [0.05, 0.1) is 0 Å². The second-order valence-electron chi connectivity index (χ2n) is 5.15. The molecule has 0 N–H and O–H groups in total. The molecule has 1 heterocycles. The van der Waals surface area contributed by atoms with Crippen LogP contribution in [0, 0.1) is 0 Å². The molecule has 0 bridgehead atoms. The van der Waals surface area contributed by atoms with E-state index in [1.807, 2.05) is 43.3 Å². The molecule has 2 nitrogen and oxygen atoms in total. The molecule has 0 aliphatic carbocycles. The Morgan fingerprint density at radius 1 is 1.05 bits per heavy atom. The van der Waals surface area contributed by atoms with Crippen molar-refractivity contribution in [1.82, 2.24) is 0 Å². The fourth-order valence-corrected chi connectivity index (χ4v) is 2.66. The van der Waals surface area contributed by atoms with Gasteiger partial charge in [0.1, 0.15) is 18.0 Å². The molecule has 0 spiro atoms. The van der Waals surface area contributed by atoms with Gasteiger partial charge in [0.15, 0.2) is 0 Å². The maximum absolute atomic E-state index is 6.15. The van der Waals surface area contributed by atoms with E-state index in [1.54, 1.807) is 0 Å². The van der Waals surface area contributed by atoms with Crippen LogP contribution in [0.5, 0.6) is 0 Å². The first-order valence-electron chi connectivity index (χ1n) is 7.46. The highest BCUT2D eigenvalue weighted by molar-refractivity contribution is 5.52. The molecule has 3 rings (SSSR count). The minimum atomic E-state index is 0.0420. The molecule has 1 fully saturated rings. The SMILES string of the molecule is CCO[C@@H]1C[C@H](c2ccccc2)O/C1=C\c1ccccc1. The van der Waals surface area contributed by atoms with Gasteiger partial charge in [-0.15, -0.1) is 0 Å².